The zero-order valence-electron chi connectivity index (χ0n) is 9.93. The summed E-state index contributed by atoms with van der Waals surface area (Å²) in [6.45, 7) is 10.4. The first-order valence-corrected chi connectivity index (χ1v) is 8.11. The molecule has 0 aromatic rings. The number of carbonyl (C=O) groups excluding carboxylic acids is 1. The van der Waals surface area contributed by atoms with Gasteiger partial charge in [0, 0.05) is 27.8 Å². The zero-order valence-corrected chi connectivity index (χ0v) is 12.9. The van der Waals surface area contributed by atoms with Gasteiger partial charge >= 0.3 is 6.09 Å². The van der Waals surface area contributed by atoms with Gasteiger partial charge in [0.05, 0.1) is 15.8 Å². The second-order valence-electron chi connectivity index (χ2n) is 3.31. The molecular weight excluding hydrogens is 329 g/mol. The Morgan fingerprint density at radius 1 is 1.40 bits per heavy atom. The van der Waals surface area contributed by atoms with Crippen LogP contribution in [-0.2, 0) is 8.92 Å². The minimum Gasteiger partial charge on any atom is -0.444 e. The Bertz CT molecular complexity index is 162. The highest BCUT2D eigenvalue weighted by Gasteiger charge is 2.15. The van der Waals surface area contributed by atoms with Crippen LogP contribution in [0.15, 0.2) is 0 Å². The van der Waals surface area contributed by atoms with Crippen molar-refractivity contribution in [1.82, 2.24) is 5.32 Å². The van der Waals surface area contributed by atoms with Crippen LogP contribution >= 0.6 is 30.4 Å². The summed E-state index contributed by atoms with van der Waals surface area (Å²) in [6, 6.07) is 0. The van der Waals surface area contributed by atoms with Gasteiger partial charge in [0.1, 0.15) is 5.60 Å². The number of amides is 1. The summed E-state index contributed by atoms with van der Waals surface area (Å²) in [6.07, 6.45) is -0.408. The van der Waals surface area contributed by atoms with Crippen molar-refractivity contribution in [2.45, 2.75) is 40.2 Å². The summed E-state index contributed by atoms with van der Waals surface area (Å²) in [5, 5.41) is 2.57. The molecule has 1 amide bonds. The molecule has 0 rings (SSSR count). The maximum absolute atomic E-state index is 11.0. The van der Waals surface area contributed by atoms with Crippen molar-refractivity contribution in [3.8, 4) is 0 Å². The topological polar surface area (TPSA) is 47.6 Å². The number of halogens is 1. The molecule has 6 heteroatoms. The van der Waals surface area contributed by atoms with Crippen LogP contribution in [0.1, 0.15) is 34.6 Å². The third kappa shape index (κ3) is 17.0. The Kier molecular flexibility index (Phi) is 12.8. The van der Waals surface area contributed by atoms with E-state index in [2.05, 4.69) is 5.32 Å². The molecule has 4 nitrogen and oxygen atoms in total. The van der Waals surface area contributed by atoms with Crippen LogP contribution in [0.3, 0.4) is 0 Å². The molecule has 0 atom stereocenters. The van der Waals surface area contributed by atoms with E-state index in [1.807, 2.05) is 55.8 Å². The first-order valence-electron chi connectivity index (χ1n) is 4.83. The van der Waals surface area contributed by atoms with Crippen molar-refractivity contribution in [2.75, 3.05) is 13.2 Å². The van der Waals surface area contributed by atoms with E-state index >= 15 is 0 Å². The van der Waals surface area contributed by atoms with E-state index in [1.165, 1.54) is 9.21 Å². The smallest absolute Gasteiger partial charge is 0.407 e. The zero-order chi connectivity index (χ0) is 12.3. The SMILES string of the molecule is CC.CC(C)(C)OC(=O)NCCOSI. The van der Waals surface area contributed by atoms with E-state index in [0.717, 1.165) is 0 Å². The second-order valence-corrected chi connectivity index (χ2v) is 4.75. The van der Waals surface area contributed by atoms with Gasteiger partial charge < -0.3 is 14.2 Å². The van der Waals surface area contributed by atoms with Gasteiger partial charge in [-0.15, -0.1) is 0 Å². The van der Waals surface area contributed by atoms with E-state index in [4.69, 9.17) is 8.92 Å². The molecule has 0 saturated heterocycles. The van der Waals surface area contributed by atoms with Crippen molar-refractivity contribution in [1.29, 1.82) is 0 Å². The summed E-state index contributed by atoms with van der Waals surface area (Å²) in [5.74, 6) is 0. The Morgan fingerprint density at radius 2 is 1.93 bits per heavy atom. The maximum Gasteiger partial charge on any atom is 0.407 e. The molecule has 0 saturated carbocycles. The average molecular weight is 349 g/mol. The first-order chi connectivity index (χ1) is 6.95. The molecule has 92 valence electrons. The monoisotopic (exact) mass is 349 g/mol. The van der Waals surface area contributed by atoms with Gasteiger partial charge in [0.15, 0.2) is 0 Å². The van der Waals surface area contributed by atoms with E-state index in [9.17, 15) is 4.79 Å². The minimum absolute atomic E-state index is 0.408. The largest absolute Gasteiger partial charge is 0.444 e. The molecule has 0 fully saturated rings. The number of hydrogen-bond acceptors (Lipinski definition) is 4. The Morgan fingerprint density at radius 3 is 2.33 bits per heavy atom. The molecule has 1 N–H and O–H groups in total. The van der Waals surface area contributed by atoms with Crippen LogP contribution < -0.4 is 5.32 Å². The lowest BCUT2D eigenvalue weighted by Crippen LogP contribution is -2.34. The fourth-order valence-electron chi connectivity index (χ4n) is 0.540. The molecule has 0 aromatic carbocycles. The molecular formula is C9H20INO3S. The molecule has 0 bridgehead atoms. The molecule has 0 unspecified atom stereocenters. The van der Waals surface area contributed by atoms with Gasteiger partial charge in [-0.1, -0.05) is 13.8 Å². The standard InChI is InChI=1S/C7H14INO3S.C2H6/c1-7(2,3)12-6(10)9-4-5-11-13-8;1-2/h4-5H2,1-3H3,(H,9,10);1-2H3. The van der Waals surface area contributed by atoms with E-state index in [-0.39, 0.29) is 0 Å². The Labute approximate surface area is 109 Å². The fraction of sp³-hybridized carbons (Fsp3) is 0.889. The summed E-state index contributed by atoms with van der Waals surface area (Å²) in [5.41, 5.74) is -0.442. The Balaban J connectivity index is 0. The van der Waals surface area contributed by atoms with Gasteiger partial charge in [0.2, 0.25) is 0 Å². The molecule has 0 aromatic heterocycles. The molecule has 0 aliphatic heterocycles. The van der Waals surface area contributed by atoms with Crippen molar-refractivity contribution in [2.24, 2.45) is 0 Å². The van der Waals surface area contributed by atoms with Gasteiger partial charge in [-0.3, -0.25) is 0 Å². The van der Waals surface area contributed by atoms with Crippen molar-refractivity contribution < 1.29 is 13.7 Å². The van der Waals surface area contributed by atoms with E-state index < -0.39 is 11.7 Å². The molecule has 0 heterocycles. The number of ether oxygens (including phenoxy) is 1. The van der Waals surface area contributed by atoms with Crippen LogP contribution in [-0.4, -0.2) is 24.8 Å². The highest BCUT2D eigenvalue weighted by Crippen LogP contribution is 2.11. The summed E-state index contributed by atoms with van der Waals surface area (Å²) >= 11 is 2.02. The quantitative estimate of drug-likeness (QED) is 0.479. The van der Waals surface area contributed by atoms with Crippen molar-refractivity contribution in [3.05, 3.63) is 0 Å². The van der Waals surface area contributed by atoms with Gasteiger partial charge in [-0.05, 0) is 20.8 Å². The fourth-order valence-corrected chi connectivity index (χ4v) is 1.23. The lowest BCUT2D eigenvalue weighted by atomic mass is 10.2. The van der Waals surface area contributed by atoms with Crippen LogP contribution in [0.5, 0.6) is 0 Å². The predicted octanol–water partition coefficient (Wildman–Crippen LogP) is 3.55. The number of alkyl carbamates (subject to hydrolysis) is 1. The van der Waals surface area contributed by atoms with Gasteiger partial charge in [-0.25, -0.2) is 4.79 Å². The molecule has 15 heavy (non-hydrogen) atoms. The summed E-state index contributed by atoms with van der Waals surface area (Å²) < 4.78 is 9.95. The number of carbonyl (C=O) groups is 1. The molecule has 0 radical (unpaired) electrons. The minimum atomic E-state index is -0.442. The lowest BCUT2D eigenvalue weighted by Gasteiger charge is -2.19. The maximum atomic E-state index is 11.0. The van der Waals surface area contributed by atoms with E-state index in [0.29, 0.717) is 13.2 Å². The normalized spacial score (nSPS) is 10.0. The highest BCUT2D eigenvalue weighted by atomic mass is 127. The van der Waals surface area contributed by atoms with Crippen LogP contribution in [0.2, 0.25) is 0 Å². The van der Waals surface area contributed by atoms with Crippen molar-refractivity contribution in [3.63, 3.8) is 0 Å². The number of rotatable bonds is 4. The highest BCUT2D eigenvalue weighted by molar-refractivity contribution is 14.2. The lowest BCUT2D eigenvalue weighted by molar-refractivity contribution is 0.0522. The summed E-state index contributed by atoms with van der Waals surface area (Å²) in [7, 11) is 1.24. The first kappa shape index (κ1) is 17.7. The van der Waals surface area contributed by atoms with Crippen LogP contribution in [0, 0.1) is 0 Å². The second kappa shape index (κ2) is 10.8. The third-order valence-corrected chi connectivity index (χ3v) is 1.92. The van der Waals surface area contributed by atoms with Gasteiger partial charge in [0.25, 0.3) is 0 Å². The van der Waals surface area contributed by atoms with Crippen LogP contribution in [0.25, 0.3) is 0 Å². The summed E-state index contributed by atoms with van der Waals surface area (Å²) in [4.78, 5) is 11.0. The molecule has 0 spiro atoms. The third-order valence-electron chi connectivity index (χ3n) is 0.898. The van der Waals surface area contributed by atoms with Crippen molar-refractivity contribution >= 4 is 36.5 Å². The number of nitrogens with one attached hydrogen (secondary N) is 1. The van der Waals surface area contributed by atoms with E-state index in [1.54, 1.807) is 0 Å². The predicted molar refractivity (Wildman–Crippen MR) is 73.1 cm³/mol. The van der Waals surface area contributed by atoms with Gasteiger partial charge in [-0.2, -0.15) is 0 Å². The molecule has 0 aliphatic carbocycles. The average Bonchev–Trinajstić information content (AvgIpc) is 2.13. The molecule has 0 aliphatic rings. The Hall–Kier alpha value is 0.310. The van der Waals surface area contributed by atoms with Crippen LogP contribution in [0.4, 0.5) is 4.79 Å². The number of hydrogen-bond donors (Lipinski definition) is 1.